The number of para-hydroxylation sites is 1. The highest BCUT2D eigenvalue weighted by Crippen LogP contribution is 2.18. The molecule has 0 bridgehead atoms. The highest BCUT2D eigenvalue weighted by molar-refractivity contribution is 7.80. The lowest BCUT2D eigenvalue weighted by Gasteiger charge is -2.24. The van der Waals surface area contributed by atoms with E-state index in [9.17, 15) is 28.8 Å². The number of aromatic amines is 1. The van der Waals surface area contributed by atoms with Crippen LogP contribution < -0.4 is 27.4 Å². The van der Waals surface area contributed by atoms with E-state index < -0.39 is 79.0 Å². The number of aliphatic carboxylic acids is 2. The number of carboxylic acid groups (broad SMARTS) is 2. The third-order valence-electron chi connectivity index (χ3n) is 5.57. The van der Waals surface area contributed by atoms with Crippen LogP contribution in [0.15, 0.2) is 30.5 Å². The summed E-state index contributed by atoms with van der Waals surface area (Å²) in [5.41, 5.74) is 12.9. The van der Waals surface area contributed by atoms with Crippen LogP contribution in [0.1, 0.15) is 24.8 Å². The number of H-pyrrole nitrogens is 1. The van der Waals surface area contributed by atoms with Crippen molar-refractivity contribution in [1.82, 2.24) is 20.9 Å². The van der Waals surface area contributed by atoms with E-state index in [1.165, 1.54) is 0 Å². The summed E-state index contributed by atoms with van der Waals surface area (Å²) in [4.78, 5) is 75.2. The molecule has 0 fully saturated rings. The Morgan fingerprint density at radius 2 is 1.53 bits per heavy atom. The van der Waals surface area contributed by atoms with Crippen LogP contribution in [0.25, 0.3) is 10.9 Å². The van der Waals surface area contributed by atoms with Gasteiger partial charge < -0.3 is 42.6 Å². The summed E-state index contributed by atoms with van der Waals surface area (Å²) in [6, 6.07) is 1.82. The summed E-state index contributed by atoms with van der Waals surface area (Å²) in [6.45, 7) is 0. The van der Waals surface area contributed by atoms with Gasteiger partial charge in [0.05, 0.1) is 12.5 Å². The van der Waals surface area contributed by atoms with Crippen molar-refractivity contribution in [2.45, 2.75) is 49.9 Å². The number of amides is 4. The summed E-state index contributed by atoms with van der Waals surface area (Å²) < 4.78 is 0. The average molecular weight is 551 g/mol. The molecule has 0 aliphatic carbocycles. The molecule has 2 rings (SSSR count). The average Bonchev–Trinajstić information content (AvgIpc) is 3.26. The molecule has 4 amide bonds. The largest absolute Gasteiger partial charge is 0.481 e. The van der Waals surface area contributed by atoms with E-state index in [0.29, 0.717) is 0 Å². The van der Waals surface area contributed by atoms with Crippen LogP contribution >= 0.6 is 12.6 Å². The Hall–Kier alpha value is -4.11. The molecule has 0 radical (unpaired) electrons. The van der Waals surface area contributed by atoms with Crippen molar-refractivity contribution >= 4 is 59.1 Å². The fourth-order valence-corrected chi connectivity index (χ4v) is 3.83. The number of aromatic nitrogens is 1. The molecule has 1 heterocycles. The molecule has 4 unspecified atom stereocenters. The minimum Gasteiger partial charge on any atom is -0.481 e. The van der Waals surface area contributed by atoms with Crippen LogP contribution in [0.2, 0.25) is 0 Å². The molecule has 1 aromatic carbocycles. The molecule has 14 nitrogen and oxygen atoms in total. The number of rotatable bonds is 15. The minimum absolute atomic E-state index is 0.102. The maximum atomic E-state index is 12.9. The second-order valence-corrected chi connectivity index (χ2v) is 8.84. The smallest absolute Gasteiger partial charge is 0.327 e. The molecule has 0 spiro atoms. The van der Waals surface area contributed by atoms with Gasteiger partial charge in [-0.25, -0.2) is 4.79 Å². The number of benzene rings is 1. The number of carbonyl (C=O) groups is 6. The molecule has 0 saturated carbocycles. The second kappa shape index (κ2) is 14.0. The molecule has 4 atom stereocenters. The number of primary amides is 1. The van der Waals surface area contributed by atoms with E-state index in [4.69, 9.17) is 21.7 Å². The van der Waals surface area contributed by atoms with E-state index in [1.807, 2.05) is 24.3 Å². The predicted octanol–water partition coefficient (Wildman–Crippen LogP) is -1.75. The SMILES string of the molecule is NC(=O)CC(NC(=O)C(N)Cc1c[nH]c2ccccc12)C(=O)NC(CCC(=O)O)C(=O)NC(CS)C(=O)O. The first-order valence-electron chi connectivity index (χ1n) is 11.5. The zero-order valence-corrected chi connectivity index (χ0v) is 21.1. The number of nitrogens with two attached hydrogens (primary N) is 2. The van der Waals surface area contributed by atoms with Gasteiger partial charge in [-0.15, -0.1) is 0 Å². The summed E-state index contributed by atoms with van der Waals surface area (Å²) in [7, 11) is 0. The number of nitrogens with one attached hydrogen (secondary N) is 4. The Bertz CT molecular complexity index is 1200. The molecule has 0 aliphatic rings. The number of carbonyl (C=O) groups excluding carboxylic acids is 4. The molecule has 1 aromatic heterocycles. The van der Waals surface area contributed by atoms with Gasteiger partial charge >= 0.3 is 11.9 Å². The molecule has 2 aromatic rings. The van der Waals surface area contributed by atoms with E-state index in [2.05, 4.69) is 33.6 Å². The number of carboxylic acids is 2. The molecule has 206 valence electrons. The Kier molecular flexibility index (Phi) is 11.1. The van der Waals surface area contributed by atoms with E-state index in [1.54, 1.807) is 6.20 Å². The first-order chi connectivity index (χ1) is 17.9. The zero-order chi connectivity index (χ0) is 28.4. The van der Waals surface area contributed by atoms with Gasteiger partial charge in [0.2, 0.25) is 23.6 Å². The summed E-state index contributed by atoms with van der Waals surface area (Å²) in [6.07, 6.45) is 0.221. The molecule has 10 N–H and O–H groups in total. The first kappa shape index (κ1) is 30.1. The second-order valence-electron chi connectivity index (χ2n) is 8.48. The number of fused-ring (bicyclic) bond motifs is 1. The molecule has 0 saturated heterocycles. The van der Waals surface area contributed by atoms with Crippen molar-refractivity contribution in [1.29, 1.82) is 0 Å². The first-order valence-corrected chi connectivity index (χ1v) is 12.1. The van der Waals surface area contributed by atoms with Crippen LogP contribution in [-0.4, -0.2) is 80.7 Å². The fraction of sp³-hybridized carbons (Fsp3) is 0.391. The zero-order valence-electron chi connectivity index (χ0n) is 20.2. The van der Waals surface area contributed by atoms with Crippen molar-refractivity contribution in [2.24, 2.45) is 11.5 Å². The monoisotopic (exact) mass is 550 g/mol. The van der Waals surface area contributed by atoms with Crippen LogP contribution in [0.4, 0.5) is 0 Å². The fourth-order valence-electron chi connectivity index (χ4n) is 3.59. The molecular weight excluding hydrogens is 520 g/mol. The van der Waals surface area contributed by atoms with Gasteiger partial charge in [0.25, 0.3) is 0 Å². The molecule has 38 heavy (non-hydrogen) atoms. The third-order valence-corrected chi connectivity index (χ3v) is 5.93. The lowest BCUT2D eigenvalue weighted by atomic mass is 10.0. The summed E-state index contributed by atoms with van der Waals surface area (Å²) >= 11 is 3.84. The van der Waals surface area contributed by atoms with Gasteiger partial charge in [-0.1, -0.05) is 18.2 Å². The van der Waals surface area contributed by atoms with Gasteiger partial charge in [-0.05, 0) is 24.5 Å². The van der Waals surface area contributed by atoms with Crippen LogP contribution in [0, 0.1) is 0 Å². The lowest BCUT2D eigenvalue weighted by molar-refractivity contribution is -0.142. The Morgan fingerprint density at radius 1 is 0.921 bits per heavy atom. The number of hydrogen-bond donors (Lipinski definition) is 9. The summed E-state index contributed by atoms with van der Waals surface area (Å²) in [5, 5.41) is 25.7. The van der Waals surface area contributed by atoms with Gasteiger partial charge in [-0.2, -0.15) is 12.6 Å². The summed E-state index contributed by atoms with van der Waals surface area (Å²) in [5.74, 6) is -6.64. The normalized spacial score (nSPS) is 14.1. The minimum atomic E-state index is -1.53. The Morgan fingerprint density at radius 3 is 2.13 bits per heavy atom. The van der Waals surface area contributed by atoms with Crippen molar-refractivity contribution < 1.29 is 39.0 Å². The Balaban J connectivity index is 2.14. The van der Waals surface area contributed by atoms with Gasteiger partial charge in [0.1, 0.15) is 18.1 Å². The van der Waals surface area contributed by atoms with Crippen molar-refractivity contribution in [3.8, 4) is 0 Å². The van der Waals surface area contributed by atoms with Gasteiger partial charge in [0, 0.05) is 29.3 Å². The van der Waals surface area contributed by atoms with Crippen LogP contribution in [0.3, 0.4) is 0 Å². The number of hydrogen-bond acceptors (Lipinski definition) is 8. The molecule has 15 heteroatoms. The predicted molar refractivity (Wildman–Crippen MR) is 138 cm³/mol. The Labute approximate surface area is 222 Å². The van der Waals surface area contributed by atoms with Gasteiger partial charge in [0.15, 0.2) is 0 Å². The van der Waals surface area contributed by atoms with E-state index in [0.717, 1.165) is 16.5 Å². The number of thiol groups is 1. The highest BCUT2D eigenvalue weighted by Gasteiger charge is 2.31. The standard InChI is InChI=1S/C23H30N6O8S/c24-13(7-11-9-26-14-4-2-1-3-12(11)14)20(33)28-16(8-18(25)30)22(35)27-15(5-6-19(31)32)21(34)29-17(10-38)23(36)37/h1-4,9,13,15-17,26,38H,5-8,10,24H2,(H2,25,30)(H,27,35)(H,28,33)(H,29,34)(H,31,32)(H,36,37). The van der Waals surface area contributed by atoms with E-state index >= 15 is 0 Å². The van der Waals surface area contributed by atoms with Crippen LogP contribution in [0.5, 0.6) is 0 Å². The maximum Gasteiger partial charge on any atom is 0.327 e. The van der Waals surface area contributed by atoms with E-state index in [-0.39, 0.29) is 12.2 Å². The molecule has 0 aliphatic heterocycles. The van der Waals surface area contributed by atoms with Gasteiger partial charge in [-0.3, -0.25) is 24.0 Å². The van der Waals surface area contributed by atoms with Crippen molar-refractivity contribution in [2.75, 3.05) is 5.75 Å². The van der Waals surface area contributed by atoms with Crippen molar-refractivity contribution in [3.63, 3.8) is 0 Å². The quantitative estimate of drug-likeness (QED) is 0.114. The molecular formula is C23H30N6O8S. The highest BCUT2D eigenvalue weighted by atomic mass is 32.1. The third kappa shape index (κ3) is 8.77. The van der Waals surface area contributed by atoms with Crippen molar-refractivity contribution in [3.05, 3.63) is 36.0 Å². The maximum absolute atomic E-state index is 12.9. The topological polar surface area (TPSA) is 247 Å². The van der Waals surface area contributed by atoms with Crippen LogP contribution in [-0.2, 0) is 35.2 Å². The lowest BCUT2D eigenvalue weighted by Crippen LogP contribution is -2.58.